The molecule has 0 saturated heterocycles. The predicted molar refractivity (Wildman–Crippen MR) is 226 cm³/mol. The van der Waals surface area contributed by atoms with Crippen molar-refractivity contribution in [2.24, 2.45) is 0 Å². The molecule has 0 unspecified atom stereocenters. The summed E-state index contributed by atoms with van der Waals surface area (Å²) in [4.78, 5) is 10.9. The van der Waals surface area contributed by atoms with Crippen LogP contribution in [0.15, 0.2) is 182 Å². The lowest BCUT2D eigenvalue weighted by atomic mass is 9.98. The third kappa shape index (κ3) is 4.08. The van der Waals surface area contributed by atoms with E-state index in [4.69, 9.17) is 9.97 Å². The van der Waals surface area contributed by atoms with Gasteiger partial charge in [-0.05, 0) is 63.3 Å². The Kier molecular flexibility index (Phi) is 6.02. The SMILES string of the molecule is c1ccc2c(-n3c4ccccc4c4ccccc43)c3c4ccccc4n(-c4nc(-c5ccc6ccc7ccccc7c6c5)c5ccccc5n4)c3cc2c1. The van der Waals surface area contributed by atoms with Crippen LogP contribution in [0, 0.1) is 0 Å². The topological polar surface area (TPSA) is 35.6 Å². The van der Waals surface area contributed by atoms with Crippen molar-refractivity contribution in [2.75, 3.05) is 0 Å². The molecule has 0 bridgehead atoms. The number of hydrogen-bond acceptors (Lipinski definition) is 2. The van der Waals surface area contributed by atoms with Gasteiger partial charge in [0.1, 0.15) is 0 Å². The summed E-state index contributed by atoms with van der Waals surface area (Å²) in [7, 11) is 0. The first kappa shape index (κ1) is 29.3. The van der Waals surface area contributed by atoms with Gasteiger partial charge < -0.3 is 4.57 Å². The van der Waals surface area contributed by atoms with E-state index in [1.54, 1.807) is 0 Å². The second kappa shape index (κ2) is 11.1. The molecular formula is C50H30N4. The van der Waals surface area contributed by atoms with E-state index in [0.717, 1.165) is 49.7 Å². The van der Waals surface area contributed by atoms with Gasteiger partial charge in [0.05, 0.1) is 39.0 Å². The standard InChI is InChI=1S/C50H30N4/c1-3-15-35-31(13-1)25-26-32-27-28-34(29-41(32)35)48-39-19-5-9-21-42(39)51-50(52-48)54-45-24-12-8-20-40(45)47-46(54)30-33-14-2-4-16-36(33)49(47)53-43-22-10-6-17-37(43)38-18-7-11-23-44(38)53/h1-30H. The van der Waals surface area contributed by atoms with Crippen LogP contribution >= 0.6 is 0 Å². The van der Waals surface area contributed by atoms with Gasteiger partial charge in [0, 0.05) is 37.9 Å². The number of fused-ring (bicyclic) bond motifs is 11. The molecule has 54 heavy (non-hydrogen) atoms. The Bertz CT molecular complexity index is 3460. The van der Waals surface area contributed by atoms with Crippen LogP contribution < -0.4 is 0 Å². The smallest absolute Gasteiger partial charge is 0.235 e. The first-order chi connectivity index (χ1) is 26.8. The predicted octanol–water partition coefficient (Wildman–Crippen LogP) is 13.0. The van der Waals surface area contributed by atoms with Gasteiger partial charge in [0.2, 0.25) is 5.95 Å². The van der Waals surface area contributed by atoms with Gasteiger partial charge in [0.25, 0.3) is 0 Å². The largest absolute Gasteiger partial charge is 0.308 e. The minimum absolute atomic E-state index is 0.649. The van der Waals surface area contributed by atoms with Crippen LogP contribution in [0.1, 0.15) is 0 Å². The molecule has 12 aromatic rings. The first-order valence-corrected chi connectivity index (χ1v) is 18.4. The second-order valence-electron chi connectivity index (χ2n) is 14.2. The quantitative estimate of drug-likeness (QED) is 0.173. The minimum atomic E-state index is 0.649. The average molecular weight is 687 g/mol. The van der Waals surface area contributed by atoms with Crippen LogP contribution in [0.3, 0.4) is 0 Å². The van der Waals surface area contributed by atoms with Gasteiger partial charge >= 0.3 is 0 Å². The Balaban J connectivity index is 1.22. The second-order valence-corrected chi connectivity index (χ2v) is 14.2. The fourth-order valence-electron chi connectivity index (χ4n) is 8.91. The molecule has 0 radical (unpaired) electrons. The molecule has 0 atom stereocenters. The third-order valence-corrected chi connectivity index (χ3v) is 11.3. The molecule has 0 amide bonds. The van der Waals surface area contributed by atoms with Gasteiger partial charge in [-0.15, -0.1) is 0 Å². The highest BCUT2D eigenvalue weighted by Gasteiger charge is 2.24. The van der Waals surface area contributed by atoms with E-state index < -0.39 is 0 Å². The van der Waals surface area contributed by atoms with Gasteiger partial charge in [0.15, 0.2) is 0 Å². The number of rotatable bonds is 3. The van der Waals surface area contributed by atoms with E-state index in [1.165, 1.54) is 54.1 Å². The van der Waals surface area contributed by atoms with Gasteiger partial charge in [-0.3, -0.25) is 4.57 Å². The monoisotopic (exact) mass is 686 g/mol. The molecule has 3 aromatic heterocycles. The summed E-state index contributed by atoms with van der Waals surface area (Å²) in [5, 5.41) is 13.1. The van der Waals surface area contributed by atoms with E-state index in [0.29, 0.717) is 5.95 Å². The van der Waals surface area contributed by atoms with E-state index in [1.807, 2.05) is 0 Å². The van der Waals surface area contributed by atoms with E-state index in [-0.39, 0.29) is 0 Å². The molecule has 4 heteroatoms. The lowest BCUT2D eigenvalue weighted by Crippen LogP contribution is -2.04. The van der Waals surface area contributed by atoms with Gasteiger partial charge in [-0.2, -0.15) is 0 Å². The summed E-state index contributed by atoms with van der Waals surface area (Å²) in [6.45, 7) is 0. The van der Waals surface area contributed by atoms with E-state index >= 15 is 0 Å². The average Bonchev–Trinajstić information content (AvgIpc) is 3.75. The zero-order valence-electron chi connectivity index (χ0n) is 29.1. The van der Waals surface area contributed by atoms with Gasteiger partial charge in [-0.25, -0.2) is 9.97 Å². The zero-order chi connectivity index (χ0) is 35.3. The first-order valence-electron chi connectivity index (χ1n) is 18.4. The number of aromatic nitrogens is 4. The van der Waals surface area contributed by atoms with Crippen LogP contribution in [0.4, 0.5) is 0 Å². The lowest BCUT2D eigenvalue weighted by molar-refractivity contribution is 1.01. The van der Waals surface area contributed by atoms with E-state index in [9.17, 15) is 0 Å². The summed E-state index contributed by atoms with van der Waals surface area (Å²) < 4.78 is 4.75. The normalized spacial score (nSPS) is 12.1. The Hall–Kier alpha value is -7.30. The summed E-state index contributed by atoms with van der Waals surface area (Å²) in [5.74, 6) is 0.649. The molecular weight excluding hydrogens is 657 g/mol. The molecule has 250 valence electrons. The van der Waals surface area contributed by atoms with Crippen molar-refractivity contribution in [1.82, 2.24) is 19.1 Å². The fourth-order valence-corrected chi connectivity index (χ4v) is 8.91. The molecule has 3 heterocycles. The molecule has 9 aromatic carbocycles. The molecule has 0 aliphatic carbocycles. The zero-order valence-corrected chi connectivity index (χ0v) is 29.1. The summed E-state index contributed by atoms with van der Waals surface area (Å²) in [6, 6.07) is 65.4. The maximum Gasteiger partial charge on any atom is 0.235 e. The van der Waals surface area contributed by atoms with Crippen molar-refractivity contribution in [3.8, 4) is 22.9 Å². The molecule has 0 N–H and O–H groups in total. The Morgan fingerprint density at radius 2 is 0.870 bits per heavy atom. The molecule has 0 aliphatic heterocycles. The number of benzene rings is 9. The summed E-state index contributed by atoms with van der Waals surface area (Å²) in [5.41, 5.74) is 8.55. The van der Waals surface area contributed by atoms with Crippen molar-refractivity contribution in [3.63, 3.8) is 0 Å². The number of nitrogens with zero attached hydrogens (tertiary/aromatic N) is 4. The molecule has 0 fully saturated rings. The maximum atomic E-state index is 5.52. The van der Waals surface area contributed by atoms with Crippen LogP contribution in [0.2, 0.25) is 0 Å². The highest BCUT2D eigenvalue weighted by molar-refractivity contribution is 6.22. The molecule has 0 aliphatic rings. The van der Waals surface area contributed by atoms with Crippen LogP contribution in [0.5, 0.6) is 0 Å². The van der Waals surface area contributed by atoms with Crippen LogP contribution in [-0.2, 0) is 0 Å². The van der Waals surface area contributed by atoms with Gasteiger partial charge in [-0.1, -0.05) is 146 Å². The summed E-state index contributed by atoms with van der Waals surface area (Å²) >= 11 is 0. The van der Waals surface area contributed by atoms with Crippen molar-refractivity contribution in [1.29, 1.82) is 0 Å². The molecule has 4 nitrogen and oxygen atoms in total. The Labute approximate surface area is 309 Å². The highest BCUT2D eigenvalue weighted by Crippen LogP contribution is 2.43. The number of hydrogen-bond donors (Lipinski definition) is 0. The van der Waals surface area contributed by atoms with Crippen molar-refractivity contribution >= 4 is 86.8 Å². The van der Waals surface area contributed by atoms with Crippen LogP contribution in [0.25, 0.3) is 110 Å². The molecule has 12 rings (SSSR count). The Morgan fingerprint density at radius 3 is 1.61 bits per heavy atom. The maximum absolute atomic E-state index is 5.52. The highest BCUT2D eigenvalue weighted by atomic mass is 15.2. The number of para-hydroxylation sites is 4. The third-order valence-electron chi connectivity index (χ3n) is 11.3. The van der Waals surface area contributed by atoms with Crippen LogP contribution in [-0.4, -0.2) is 19.1 Å². The minimum Gasteiger partial charge on any atom is -0.308 e. The molecule has 0 saturated carbocycles. The Morgan fingerprint density at radius 1 is 0.333 bits per heavy atom. The summed E-state index contributed by atoms with van der Waals surface area (Å²) in [6.07, 6.45) is 0. The molecule has 0 spiro atoms. The van der Waals surface area contributed by atoms with Crippen molar-refractivity contribution < 1.29 is 0 Å². The van der Waals surface area contributed by atoms with Crippen molar-refractivity contribution in [3.05, 3.63) is 182 Å². The van der Waals surface area contributed by atoms with Crippen molar-refractivity contribution in [2.45, 2.75) is 0 Å². The van der Waals surface area contributed by atoms with E-state index in [2.05, 4.69) is 191 Å². The lowest BCUT2D eigenvalue weighted by Gasteiger charge is -2.15. The fraction of sp³-hybridized carbons (Fsp3) is 0.